The Morgan fingerprint density at radius 1 is 1.32 bits per heavy atom. The highest BCUT2D eigenvalue weighted by molar-refractivity contribution is 7.91. The first-order valence-electron chi connectivity index (χ1n) is 6.90. The fraction of sp³-hybridized carbons (Fsp3) is 0.357. The zero-order valence-corrected chi connectivity index (χ0v) is 12.9. The summed E-state index contributed by atoms with van der Waals surface area (Å²) in [5, 5.41) is 10.8. The van der Waals surface area contributed by atoms with Crippen molar-refractivity contribution < 1.29 is 13.2 Å². The molecule has 0 radical (unpaired) electrons. The normalized spacial score (nSPS) is 19.0. The number of ether oxygens (including phenoxy) is 1. The van der Waals surface area contributed by atoms with Crippen LogP contribution in [-0.2, 0) is 14.6 Å². The Bertz CT molecular complexity index is 783. The highest BCUT2D eigenvalue weighted by Crippen LogP contribution is 2.19. The molecule has 1 aromatic carbocycles. The van der Waals surface area contributed by atoms with E-state index in [1.165, 1.54) is 4.68 Å². The summed E-state index contributed by atoms with van der Waals surface area (Å²) >= 11 is 0. The zero-order valence-electron chi connectivity index (χ0n) is 12.1. The van der Waals surface area contributed by atoms with Gasteiger partial charge >= 0.3 is 0 Å². The molecule has 7 nitrogen and oxygen atoms in total. The van der Waals surface area contributed by atoms with Gasteiger partial charge in [-0.1, -0.05) is 34.9 Å². The van der Waals surface area contributed by atoms with Gasteiger partial charge in [0.25, 0.3) is 5.16 Å². The van der Waals surface area contributed by atoms with E-state index >= 15 is 0 Å². The SMILES string of the molecule is CC1=CCOC(CS(=O)(=O)c2nnnn2-c2ccccc2)C1. The fourth-order valence-corrected chi connectivity index (χ4v) is 3.78. The summed E-state index contributed by atoms with van der Waals surface area (Å²) in [5.74, 6) is -0.134. The van der Waals surface area contributed by atoms with Gasteiger partial charge in [-0.15, -0.1) is 0 Å². The van der Waals surface area contributed by atoms with Crippen LogP contribution in [0.2, 0.25) is 0 Å². The Kier molecular flexibility index (Phi) is 4.04. The number of rotatable bonds is 4. The molecular formula is C14H16N4O3S. The molecule has 3 rings (SSSR count). The van der Waals surface area contributed by atoms with Gasteiger partial charge in [0.15, 0.2) is 0 Å². The smallest absolute Gasteiger partial charge is 0.272 e. The van der Waals surface area contributed by atoms with Gasteiger partial charge in [-0.05, 0) is 35.9 Å². The van der Waals surface area contributed by atoms with E-state index in [4.69, 9.17) is 4.74 Å². The number of aromatic nitrogens is 4. The van der Waals surface area contributed by atoms with Crippen molar-refractivity contribution in [1.29, 1.82) is 0 Å². The number of tetrazole rings is 1. The van der Waals surface area contributed by atoms with Gasteiger partial charge in [-0.3, -0.25) is 0 Å². The molecule has 1 aliphatic rings. The summed E-state index contributed by atoms with van der Waals surface area (Å²) in [6.07, 6.45) is 2.19. The molecular weight excluding hydrogens is 304 g/mol. The molecule has 0 spiro atoms. The molecule has 2 heterocycles. The van der Waals surface area contributed by atoms with E-state index in [9.17, 15) is 8.42 Å². The van der Waals surface area contributed by atoms with Crippen molar-refractivity contribution in [3.63, 3.8) is 0 Å². The Hall–Kier alpha value is -2.06. The highest BCUT2D eigenvalue weighted by atomic mass is 32.2. The molecule has 8 heteroatoms. The largest absolute Gasteiger partial charge is 0.373 e. The Balaban J connectivity index is 1.88. The monoisotopic (exact) mass is 320 g/mol. The van der Waals surface area contributed by atoms with Crippen LogP contribution < -0.4 is 0 Å². The van der Waals surface area contributed by atoms with Crippen LogP contribution in [-0.4, -0.2) is 47.1 Å². The molecule has 0 fully saturated rings. The molecule has 0 bridgehead atoms. The molecule has 0 saturated heterocycles. The summed E-state index contributed by atoms with van der Waals surface area (Å²) in [6, 6.07) is 8.93. The first-order valence-corrected chi connectivity index (χ1v) is 8.55. The number of hydrogen-bond donors (Lipinski definition) is 0. The summed E-state index contributed by atoms with van der Waals surface area (Å²) in [7, 11) is -3.64. The van der Waals surface area contributed by atoms with Gasteiger partial charge in [0.2, 0.25) is 9.84 Å². The van der Waals surface area contributed by atoms with Crippen molar-refractivity contribution in [1.82, 2.24) is 20.2 Å². The molecule has 1 atom stereocenters. The van der Waals surface area contributed by atoms with Gasteiger partial charge in [0, 0.05) is 0 Å². The maximum Gasteiger partial charge on any atom is 0.272 e. The van der Waals surface area contributed by atoms with Crippen LogP contribution in [0.5, 0.6) is 0 Å². The summed E-state index contributed by atoms with van der Waals surface area (Å²) in [4.78, 5) is 0. The van der Waals surface area contributed by atoms with Crippen LogP contribution in [0.25, 0.3) is 5.69 Å². The minimum absolute atomic E-state index is 0.134. The average molecular weight is 320 g/mol. The molecule has 0 N–H and O–H groups in total. The van der Waals surface area contributed by atoms with Crippen molar-refractivity contribution in [3.05, 3.63) is 42.0 Å². The molecule has 1 aliphatic heterocycles. The highest BCUT2D eigenvalue weighted by Gasteiger charge is 2.29. The predicted octanol–water partition coefficient (Wildman–Crippen LogP) is 1.17. The first-order chi connectivity index (χ1) is 10.6. The number of para-hydroxylation sites is 1. The van der Waals surface area contributed by atoms with E-state index in [-0.39, 0.29) is 17.0 Å². The molecule has 1 aromatic heterocycles. The van der Waals surface area contributed by atoms with Crippen LogP contribution in [0.15, 0.2) is 47.1 Å². The van der Waals surface area contributed by atoms with Crippen molar-refractivity contribution in [3.8, 4) is 5.69 Å². The zero-order chi connectivity index (χ0) is 15.6. The third-order valence-corrected chi connectivity index (χ3v) is 5.06. The molecule has 1 unspecified atom stereocenters. The number of hydrogen-bond acceptors (Lipinski definition) is 6. The topological polar surface area (TPSA) is 87.0 Å². The lowest BCUT2D eigenvalue weighted by atomic mass is 10.1. The fourth-order valence-electron chi connectivity index (χ4n) is 2.36. The number of sulfone groups is 1. The van der Waals surface area contributed by atoms with Crippen LogP contribution in [0, 0.1) is 0 Å². The van der Waals surface area contributed by atoms with Gasteiger partial charge in [0.05, 0.1) is 24.2 Å². The Morgan fingerprint density at radius 3 is 2.82 bits per heavy atom. The number of benzene rings is 1. The van der Waals surface area contributed by atoms with Crippen LogP contribution in [0.4, 0.5) is 0 Å². The predicted molar refractivity (Wildman–Crippen MR) is 79.3 cm³/mol. The van der Waals surface area contributed by atoms with E-state index in [1.807, 2.05) is 19.1 Å². The second-order valence-corrected chi connectivity index (χ2v) is 7.13. The molecule has 0 amide bonds. The molecule has 22 heavy (non-hydrogen) atoms. The van der Waals surface area contributed by atoms with Gasteiger partial charge < -0.3 is 4.74 Å². The first kappa shape index (κ1) is 14.9. The maximum absolute atomic E-state index is 12.6. The third-order valence-electron chi connectivity index (χ3n) is 3.44. The van der Waals surface area contributed by atoms with Crippen molar-refractivity contribution in [2.24, 2.45) is 0 Å². The molecule has 0 saturated carbocycles. The third kappa shape index (κ3) is 3.07. The van der Waals surface area contributed by atoms with E-state index in [2.05, 4.69) is 15.5 Å². The summed E-state index contributed by atoms with van der Waals surface area (Å²) < 4.78 is 31.9. The molecule has 116 valence electrons. The van der Waals surface area contributed by atoms with Crippen LogP contribution in [0.3, 0.4) is 0 Å². The second-order valence-electron chi connectivity index (χ2n) is 5.20. The van der Waals surface area contributed by atoms with Crippen molar-refractivity contribution in [2.75, 3.05) is 12.4 Å². The van der Waals surface area contributed by atoms with Gasteiger partial charge in [-0.25, -0.2) is 8.42 Å². The number of nitrogens with zero attached hydrogens (tertiary/aromatic N) is 4. The summed E-state index contributed by atoms with van der Waals surface area (Å²) in [5.41, 5.74) is 1.74. The maximum atomic E-state index is 12.6. The van der Waals surface area contributed by atoms with E-state index in [0.717, 1.165) is 5.57 Å². The lowest BCUT2D eigenvalue weighted by molar-refractivity contribution is 0.0805. The lowest BCUT2D eigenvalue weighted by Crippen LogP contribution is -2.28. The quantitative estimate of drug-likeness (QED) is 0.786. The molecule has 0 aliphatic carbocycles. The Labute approximate surface area is 128 Å². The van der Waals surface area contributed by atoms with E-state index in [0.29, 0.717) is 18.7 Å². The van der Waals surface area contributed by atoms with E-state index in [1.54, 1.807) is 24.3 Å². The standard InChI is InChI=1S/C14H16N4O3S/c1-11-7-8-21-13(9-11)10-22(19,20)14-15-16-17-18(14)12-5-3-2-4-6-12/h2-7,13H,8-10H2,1H3. The minimum Gasteiger partial charge on any atom is -0.373 e. The molecule has 2 aromatic rings. The Morgan fingerprint density at radius 2 is 2.09 bits per heavy atom. The van der Waals surface area contributed by atoms with Crippen molar-refractivity contribution in [2.45, 2.75) is 24.6 Å². The van der Waals surface area contributed by atoms with E-state index < -0.39 is 9.84 Å². The lowest BCUT2D eigenvalue weighted by Gasteiger charge is -2.21. The minimum atomic E-state index is -3.64. The summed E-state index contributed by atoms with van der Waals surface area (Å²) in [6.45, 7) is 2.41. The van der Waals surface area contributed by atoms with Gasteiger partial charge in [0.1, 0.15) is 0 Å². The van der Waals surface area contributed by atoms with Crippen LogP contribution >= 0.6 is 0 Å². The van der Waals surface area contributed by atoms with Crippen LogP contribution in [0.1, 0.15) is 13.3 Å². The second kappa shape index (κ2) is 5.98. The average Bonchev–Trinajstić information content (AvgIpc) is 2.98. The van der Waals surface area contributed by atoms with Gasteiger partial charge in [-0.2, -0.15) is 4.68 Å². The van der Waals surface area contributed by atoms with Crippen molar-refractivity contribution >= 4 is 9.84 Å².